The molecule has 2 atom stereocenters. The summed E-state index contributed by atoms with van der Waals surface area (Å²) in [5, 5.41) is 15.4. The molecule has 2 unspecified atom stereocenters. The van der Waals surface area contributed by atoms with E-state index in [4.69, 9.17) is 0 Å². The van der Waals surface area contributed by atoms with Crippen LogP contribution < -0.4 is 5.32 Å². The number of hydrogen-bond donors (Lipinski definition) is 2. The molecule has 2 aromatic carbocycles. The molecule has 1 heterocycles. The van der Waals surface area contributed by atoms with Crippen molar-refractivity contribution in [3.63, 3.8) is 0 Å². The highest BCUT2D eigenvalue weighted by atomic mass is 19.1. The molecule has 2 aliphatic rings. The van der Waals surface area contributed by atoms with Crippen molar-refractivity contribution in [1.29, 1.82) is 0 Å². The topological polar surface area (TPSA) is 52.6 Å². The van der Waals surface area contributed by atoms with Gasteiger partial charge in [-0.25, -0.2) is 8.78 Å². The standard InChI is InChI=1S/C32H44F2N2O2/c1-31(2,3)24-11-10-12-25(20-24)32(14-7-5-8-15-32)35-22-29(37)28(36-16-9-4-6-13-30(36)38)19-23-17-26(33)21-27(34)18-23/h10-12,17-18,20-21,28-29,35,37H,4-9,13-16,19,22H2,1-3H3. The highest BCUT2D eigenvalue weighted by Crippen LogP contribution is 2.39. The third kappa shape index (κ3) is 7.01. The van der Waals surface area contributed by atoms with Crippen LogP contribution in [0.5, 0.6) is 0 Å². The van der Waals surface area contributed by atoms with Gasteiger partial charge in [-0.3, -0.25) is 4.79 Å². The number of hydrogen-bond acceptors (Lipinski definition) is 3. The summed E-state index contributed by atoms with van der Waals surface area (Å²) in [5.74, 6) is -1.28. The first-order chi connectivity index (χ1) is 18.1. The number of aliphatic hydroxyl groups excluding tert-OH is 1. The van der Waals surface area contributed by atoms with E-state index in [-0.39, 0.29) is 23.3 Å². The van der Waals surface area contributed by atoms with Crippen molar-refractivity contribution in [2.24, 2.45) is 0 Å². The lowest BCUT2D eigenvalue weighted by atomic mass is 9.74. The van der Waals surface area contributed by atoms with Crippen LogP contribution in [0.15, 0.2) is 42.5 Å². The van der Waals surface area contributed by atoms with Crippen LogP contribution in [-0.4, -0.2) is 41.1 Å². The first-order valence-corrected chi connectivity index (χ1v) is 14.4. The summed E-state index contributed by atoms with van der Waals surface area (Å²) < 4.78 is 28.0. The predicted molar refractivity (Wildman–Crippen MR) is 148 cm³/mol. The lowest BCUT2D eigenvalue weighted by molar-refractivity contribution is -0.135. The van der Waals surface area contributed by atoms with Gasteiger partial charge in [-0.2, -0.15) is 0 Å². The zero-order valence-corrected chi connectivity index (χ0v) is 23.2. The molecule has 2 aromatic rings. The molecule has 2 fully saturated rings. The monoisotopic (exact) mass is 526 g/mol. The number of nitrogens with zero attached hydrogens (tertiary/aromatic N) is 1. The smallest absolute Gasteiger partial charge is 0.222 e. The maximum atomic E-state index is 14.0. The van der Waals surface area contributed by atoms with Crippen molar-refractivity contribution in [3.05, 3.63) is 70.8 Å². The Morgan fingerprint density at radius 3 is 2.34 bits per heavy atom. The van der Waals surface area contributed by atoms with Gasteiger partial charge in [0.25, 0.3) is 0 Å². The first kappa shape index (κ1) is 28.7. The quantitative estimate of drug-likeness (QED) is 0.419. The van der Waals surface area contributed by atoms with E-state index in [0.29, 0.717) is 25.1 Å². The molecular formula is C32H44F2N2O2. The van der Waals surface area contributed by atoms with E-state index in [2.05, 4.69) is 50.4 Å². The molecule has 1 amide bonds. The predicted octanol–water partition coefficient (Wildman–Crippen LogP) is 6.39. The van der Waals surface area contributed by atoms with Crippen molar-refractivity contribution in [3.8, 4) is 0 Å². The molecule has 0 aromatic heterocycles. The number of likely N-dealkylation sites (tertiary alicyclic amines) is 1. The van der Waals surface area contributed by atoms with E-state index in [9.17, 15) is 18.7 Å². The number of carbonyl (C=O) groups excluding carboxylic acids is 1. The number of halogens is 2. The summed E-state index contributed by atoms with van der Waals surface area (Å²) in [6.07, 6.45) is 7.80. The van der Waals surface area contributed by atoms with Crippen LogP contribution in [0.4, 0.5) is 8.78 Å². The van der Waals surface area contributed by atoms with Gasteiger partial charge < -0.3 is 15.3 Å². The van der Waals surface area contributed by atoms with Crippen molar-refractivity contribution < 1.29 is 18.7 Å². The lowest BCUT2D eigenvalue weighted by Gasteiger charge is -2.42. The molecule has 6 heteroatoms. The maximum Gasteiger partial charge on any atom is 0.222 e. The Balaban J connectivity index is 1.60. The first-order valence-electron chi connectivity index (χ1n) is 14.4. The van der Waals surface area contributed by atoms with Crippen molar-refractivity contribution in [2.45, 2.75) is 108 Å². The third-order valence-electron chi connectivity index (χ3n) is 8.46. The lowest BCUT2D eigenvalue weighted by Crippen LogP contribution is -2.54. The Bertz CT molecular complexity index is 1070. The number of nitrogens with one attached hydrogen (secondary N) is 1. The summed E-state index contributed by atoms with van der Waals surface area (Å²) >= 11 is 0. The Hall–Kier alpha value is -2.31. The van der Waals surface area contributed by atoms with Crippen LogP contribution in [0.2, 0.25) is 0 Å². The van der Waals surface area contributed by atoms with Crippen LogP contribution in [0.25, 0.3) is 0 Å². The number of aliphatic hydroxyl groups is 1. The van der Waals surface area contributed by atoms with Crippen LogP contribution in [0.1, 0.15) is 95.2 Å². The number of carbonyl (C=O) groups is 1. The van der Waals surface area contributed by atoms with E-state index in [1.807, 2.05) is 0 Å². The largest absolute Gasteiger partial charge is 0.390 e. The van der Waals surface area contributed by atoms with Crippen LogP contribution in [-0.2, 0) is 22.2 Å². The Kier molecular flexibility index (Phi) is 9.25. The molecule has 1 saturated heterocycles. The van der Waals surface area contributed by atoms with Crippen LogP contribution >= 0.6 is 0 Å². The second kappa shape index (κ2) is 12.3. The fourth-order valence-electron chi connectivity index (χ4n) is 6.22. The average Bonchev–Trinajstić information content (AvgIpc) is 3.09. The summed E-state index contributed by atoms with van der Waals surface area (Å²) in [4.78, 5) is 14.8. The van der Waals surface area contributed by atoms with Gasteiger partial charge in [0.15, 0.2) is 0 Å². The summed E-state index contributed by atoms with van der Waals surface area (Å²) in [5.41, 5.74) is 2.76. The highest BCUT2D eigenvalue weighted by molar-refractivity contribution is 5.76. The molecule has 38 heavy (non-hydrogen) atoms. The zero-order chi connectivity index (χ0) is 27.3. The minimum Gasteiger partial charge on any atom is -0.390 e. The minimum absolute atomic E-state index is 0.00804. The zero-order valence-electron chi connectivity index (χ0n) is 23.2. The van der Waals surface area contributed by atoms with Gasteiger partial charge in [-0.15, -0.1) is 0 Å². The maximum absolute atomic E-state index is 14.0. The van der Waals surface area contributed by atoms with Crippen molar-refractivity contribution in [2.75, 3.05) is 13.1 Å². The van der Waals surface area contributed by atoms with Gasteiger partial charge in [0, 0.05) is 31.1 Å². The SMILES string of the molecule is CC(C)(C)c1cccc(C2(NCC(O)C(Cc3cc(F)cc(F)c3)N3CCCCCC3=O)CCCCC2)c1. The van der Waals surface area contributed by atoms with Crippen LogP contribution in [0, 0.1) is 11.6 Å². The van der Waals surface area contributed by atoms with E-state index in [1.165, 1.54) is 29.7 Å². The van der Waals surface area contributed by atoms with Crippen molar-refractivity contribution in [1.82, 2.24) is 10.2 Å². The molecule has 0 spiro atoms. The van der Waals surface area contributed by atoms with Gasteiger partial charge in [0.1, 0.15) is 11.6 Å². The van der Waals surface area contributed by atoms with Gasteiger partial charge in [-0.05, 0) is 66.3 Å². The van der Waals surface area contributed by atoms with E-state index < -0.39 is 23.8 Å². The van der Waals surface area contributed by atoms with E-state index >= 15 is 0 Å². The van der Waals surface area contributed by atoms with Gasteiger partial charge in [0.2, 0.25) is 5.91 Å². The number of amides is 1. The van der Waals surface area contributed by atoms with Crippen molar-refractivity contribution >= 4 is 5.91 Å². The molecule has 208 valence electrons. The fraction of sp³-hybridized carbons (Fsp3) is 0.594. The molecule has 0 radical (unpaired) electrons. The molecule has 1 aliphatic carbocycles. The second-order valence-corrected chi connectivity index (χ2v) is 12.4. The van der Waals surface area contributed by atoms with Crippen LogP contribution in [0.3, 0.4) is 0 Å². The molecule has 1 aliphatic heterocycles. The summed E-state index contributed by atoms with van der Waals surface area (Å²) in [6.45, 7) is 7.50. The Morgan fingerprint density at radius 2 is 1.66 bits per heavy atom. The number of benzene rings is 2. The average molecular weight is 527 g/mol. The molecular weight excluding hydrogens is 482 g/mol. The molecule has 1 saturated carbocycles. The second-order valence-electron chi connectivity index (χ2n) is 12.4. The molecule has 2 N–H and O–H groups in total. The summed E-state index contributed by atoms with van der Waals surface area (Å²) in [6, 6.07) is 11.7. The molecule has 4 rings (SSSR count). The molecule has 0 bridgehead atoms. The number of rotatable bonds is 8. The van der Waals surface area contributed by atoms with Gasteiger partial charge in [0.05, 0.1) is 12.1 Å². The normalized spacial score (nSPS) is 20.2. The fourth-order valence-corrected chi connectivity index (χ4v) is 6.22. The van der Waals surface area contributed by atoms with Gasteiger partial charge >= 0.3 is 0 Å². The molecule has 4 nitrogen and oxygen atoms in total. The summed E-state index contributed by atoms with van der Waals surface area (Å²) in [7, 11) is 0. The Labute approximate surface area is 226 Å². The van der Waals surface area contributed by atoms with E-state index in [1.54, 1.807) is 4.90 Å². The van der Waals surface area contributed by atoms with Gasteiger partial charge in [-0.1, -0.05) is 70.7 Å². The highest BCUT2D eigenvalue weighted by Gasteiger charge is 2.37. The third-order valence-corrected chi connectivity index (χ3v) is 8.46. The Morgan fingerprint density at radius 1 is 0.974 bits per heavy atom. The minimum atomic E-state index is -0.882. The van der Waals surface area contributed by atoms with E-state index in [0.717, 1.165) is 51.0 Å².